The molecule has 1 N–H and O–H groups in total. The number of carbonyl (C=O) groups is 3. The van der Waals surface area contributed by atoms with Crippen LogP contribution in [0.1, 0.15) is 36.7 Å². The smallest absolute Gasteiger partial charge is 0.465 e. The monoisotopic (exact) mass is 526 g/mol. The van der Waals surface area contributed by atoms with Gasteiger partial charge >= 0.3 is 18.4 Å². The lowest BCUT2D eigenvalue weighted by atomic mass is 10.1. The Labute approximate surface area is 210 Å². The molecule has 1 atom stereocenters. The summed E-state index contributed by atoms with van der Waals surface area (Å²) in [6.07, 6.45) is -5.60. The molecule has 36 heavy (non-hydrogen) atoms. The van der Waals surface area contributed by atoms with Crippen LogP contribution >= 0.6 is 11.8 Å². The van der Waals surface area contributed by atoms with Crippen molar-refractivity contribution in [1.29, 1.82) is 0 Å². The van der Waals surface area contributed by atoms with Crippen LogP contribution in [0, 0.1) is 0 Å². The molecule has 8 nitrogen and oxygen atoms in total. The number of hydrogen-bond acceptors (Lipinski definition) is 7. The molecule has 0 aromatic heterocycles. The van der Waals surface area contributed by atoms with E-state index in [1.807, 2.05) is 0 Å². The van der Waals surface area contributed by atoms with Crippen molar-refractivity contribution < 1.29 is 41.8 Å². The van der Waals surface area contributed by atoms with Crippen molar-refractivity contribution in [2.45, 2.75) is 50.2 Å². The lowest BCUT2D eigenvalue weighted by molar-refractivity contribution is -0.274. The van der Waals surface area contributed by atoms with Crippen LogP contribution in [0.2, 0.25) is 0 Å². The van der Waals surface area contributed by atoms with Crippen molar-refractivity contribution in [3.63, 3.8) is 0 Å². The zero-order valence-corrected chi connectivity index (χ0v) is 20.8. The van der Waals surface area contributed by atoms with Gasteiger partial charge in [0.2, 0.25) is 0 Å². The van der Waals surface area contributed by atoms with Crippen molar-refractivity contribution in [3.8, 4) is 5.75 Å². The summed E-state index contributed by atoms with van der Waals surface area (Å²) in [4.78, 5) is 40.1. The molecule has 0 radical (unpaired) electrons. The third-order valence-corrected chi connectivity index (χ3v) is 5.99. The molecule has 1 aliphatic rings. The number of hydrogen-bond donors (Lipinski definition) is 1. The lowest BCUT2D eigenvalue weighted by Crippen LogP contribution is -2.50. The van der Waals surface area contributed by atoms with E-state index < -0.39 is 41.7 Å². The quantitative estimate of drug-likeness (QED) is 0.554. The van der Waals surface area contributed by atoms with Crippen LogP contribution in [0.3, 0.4) is 0 Å². The van der Waals surface area contributed by atoms with Crippen LogP contribution in [0.5, 0.6) is 5.75 Å². The van der Waals surface area contributed by atoms with E-state index in [9.17, 15) is 27.6 Å². The number of methoxy groups -OCH3 is 1. The fourth-order valence-corrected chi connectivity index (χ4v) is 4.40. The Morgan fingerprint density at radius 1 is 1.11 bits per heavy atom. The second kappa shape index (κ2) is 10.7. The second-order valence-corrected chi connectivity index (χ2v) is 9.86. The first-order valence-electron chi connectivity index (χ1n) is 10.8. The molecule has 0 fully saturated rings. The maximum atomic E-state index is 13.6. The molecule has 1 aliphatic heterocycles. The fourth-order valence-electron chi connectivity index (χ4n) is 3.34. The molecule has 0 bridgehead atoms. The van der Waals surface area contributed by atoms with Gasteiger partial charge in [-0.25, -0.2) is 9.59 Å². The maximum absolute atomic E-state index is 13.6. The van der Waals surface area contributed by atoms with E-state index in [1.165, 1.54) is 42.0 Å². The summed E-state index contributed by atoms with van der Waals surface area (Å²) in [5.41, 5.74) is 0.331. The highest BCUT2D eigenvalue weighted by molar-refractivity contribution is 7.99. The first kappa shape index (κ1) is 27.2. The van der Waals surface area contributed by atoms with Crippen LogP contribution in [-0.4, -0.2) is 48.8 Å². The Bertz CT molecular complexity index is 1130. The summed E-state index contributed by atoms with van der Waals surface area (Å²) in [5.74, 6) is -1.29. The summed E-state index contributed by atoms with van der Waals surface area (Å²) in [5, 5.41) is 2.59. The number of ether oxygens (including phenoxy) is 3. The highest BCUT2D eigenvalue weighted by Gasteiger charge is 2.34. The predicted molar refractivity (Wildman–Crippen MR) is 126 cm³/mol. The Morgan fingerprint density at radius 2 is 1.78 bits per heavy atom. The van der Waals surface area contributed by atoms with Crippen molar-refractivity contribution in [2.75, 3.05) is 17.8 Å². The average Bonchev–Trinajstić information content (AvgIpc) is 2.89. The molecule has 12 heteroatoms. The summed E-state index contributed by atoms with van der Waals surface area (Å²) in [6.45, 7) is 5.03. The van der Waals surface area contributed by atoms with Gasteiger partial charge in [-0.05, 0) is 56.7 Å². The van der Waals surface area contributed by atoms with E-state index in [0.717, 1.165) is 12.1 Å². The number of alkyl carbamates (subject to hydrolysis) is 1. The number of rotatable bonds is 5. The van der Waals surface area contributed by atoms with Gasteiger partial charge in [0.05, 0.1) is 24.9 Å². The topological polar surface area (TPSA) is 94.2 Å². The van der Waals surface area contributed by atoms with Crippen molar-refractivity contribution in [1.82, 2.24) is 5.32 Å². The van der Waals surface area contributed by atoms with Gasteiger partial charge in [-0.15, -0.1) is 24.9 Å². The van der Waals surface area contributed by atoms with E-state index >= 15 is 0 Å². The van der Waals surface area contributed by atoms with E-state index in [-0.39, 0.29) is 17.9 Å². The number of esters is 1. The van der Waals surface area contributed by atoms with Crippen LogP contribution in [0.4, 0.5) is 23.7 Å². The van der Waals surface area contributed by atoms with Crippen LogP contribution in [0.15, 0.2) is 47.4 Å². The summed E-state index contributed by atoms with van der Waals surface area (Å²) in [7, 11) is 1.23. The van der Waals surface area contributed by atoms with Gasteiger partial charge in [0.1, 0.15) is 17.4 Å². The van der Waals surface area contributed by atoms with Gasteiger partial charge in [-0.3, -0.25) is 4.79 Å². The molecule has 2 amide bonds. The fraction of sp³-hybridized carbons (Fsp3) is 0.375. The third-order valence-electron chi connectivity index (χ3n) is 4.83. The summed E-state index contributed by atoms with van der Waals surface area (Å²) < 4.78 is 51.5. The zero-order chi connectivity index (χ0) is 26.7. The predicted octanol–water partition coefficient (Wildman–Crippen LogP) is 4.90. The van der Waals surface area contributed by atoms with Gasteiger partial charge in [0.25, 0.3) is 5.91 Å². The molecule has 0 saturated heterocycles. The van der Waals surface area contributed by atoms with Gasteiger partial charge in [-0.1, -0.05) is 12.1 Å². The minimum atomic E-state index is -4.83. The molecular formula is C24H25F3N2O6S. The number of halogens is 3. The Hall–Kier alpha value is -3.41. The van der Waals surface area contributed by atoms with Gasteiger partial charge in [0, 0.05) is 10.6 Å². The first-order valence-corrected chi connectivity index (χ1v) is 11.7. The normalized spacial score (nSPS) is 16.0. The SMILES string of the molecule is COC(=O)c1ccc2c(c1)N(Cc1ccc(OC(F)(F)F)cc1)C(=O)[C@@H](NC(=O)OC(C)(C)C)CS2. The van der Waals surface area contributed by atoms with Crippen molar-refractivity contribution in [3.05, 3.63) is 53.6 Å². The standard InChI is InChI=1S/C24H25F3N2O6S/c1-23(2,3)35-22(32)28-17-13-36-19-10-7-15(21(31)33-4)11-18(19)29(20(17)30)12-14-5-8-16(9-6-14)34-24(25,26)27/h5-11,17H,12-13H2,1-4H3,(H,28,32)/t17-/m0/s1. The highest BCUT2D eigenvalue weighted by Crippen LogP contribution is 2.36. The number of thioether (sulfide) groups is 1. The zero-order valence-electron chi connectivity index (χ0n) is 20.0. The number of nitrogens with one attached hydrogen (secondary N) is 1. The number of anilines is 1. The third kappa shape index (κ3) is 7.30. The molecule has 0 spiro atoms. The first-order chi connectivity index (χ1) is 16.8. The Morgan fingerprint density at radius 3 is 2.36 bits per heavy atom. The van der Waals surface area contributed by atoms with E-state index in [0.29, 0.717) is 16.1 Å². The molecule has 194 valence electrons. The van der Waals surface area contributed by atoms with Gasteiger partial charge < -0.3 is 24.4 Å². The summed E-state index contributed by atoms with van der Waals surface area (Å²) in [6, 6.07) is 8.84. The molecule has 1 heterocycles. The largest absolute Gasteiger partial charge is 0.573 e. The minimum absolute atomic E-state index is 0.0458. The van der Waals surface area contributed by atoms with Gasteiger partial charge in [-0.2, -0.15) is 0 Å². The maximum Gasteiger partial charge on any atom is 0.573 e. The minimum Gasteiger partial charge on any atom is -0.465 e. The van der Waals surface area contributed by atoms with E-state index in [2.05, 4.69) is 10.1 Å². The van der Waals surface area contributed by atoms with Crippen LogP contribution < -0.4 is 15.0 Å². The Balaban J connectivity index is 1.94. The second-order valence-electron chi connectivity index (χ2n) is 8.80. The number of fused-ring (bicyclic) bond motifs is 1. The molecule has 0 aliphatic carbocycles. The number of benzene rings is 2. The van der Waals surface area contributed by atoms with Crippen LogP contribution in [-0.2, 0) is 20.8 Å². The number of carbonyl (C=O) groups excluding carboxylic acids is 3. The number of alkyl halides is 3. The van der Waals surface area contributed by atoms with Crippen molar-refractivity contribution in [2.24, 2.45) is 0 Å². The van der Waals surface area contributed by atoms with Gasteiger partial charge in [0.15, 0.2) is 0 Å². The molecule has 0 unspecified atom stereocenters. The Kier molecular flexibility index (Phi) is 8.07. The molecule has 2 aromatic rings. The van der Waals surface area contributed by atoms with E-state index in [4.69, 9.17) is 9.47 Å². The number of amides is 2. The van der Waals surface area contributed by atoms with Crippen LogP contribution in [0.25, 0.3) is 0 Å². The van der Waals surface area contributed by atoms with Crippen molar-refractivity contribution >= 4 is 35.4 Å². The highest BCUT2D eigenvalue weighted by atomic mass is 32.2. The van der Waals surface area contributed by atoms with E-state index in [1.54, 1.807) is 32.9 Å². The molecule has 0 saturated carbocycles. The summed E-state index contributed by atoms with van der Waals surface area (Å²) >= 11 is 1.30. The average molecular weight is 527 g/mol. The molecular weight excluding hydrogens is 501 g/mol. The molecule has 2 aromatic carbocycles. The molecule has 3 rings (SSSR count). The lowest BCUT2D eigenvalue weighted by Gasteiger charge is -2.27. The number of nitrogens with zero attached hydrogens (tertiary/aromatic N) is 1.